The summed E-state index contributed by atoms with van der Waals surface area (Å²) in [6.45, 7) is 2.08. The number of fused-ring (bicyclic) bond motifs is 1. The lowest BCUT2D eigenvalue weighted by molar-refractivity contribution is -0.142. The first-order valence-corrected chi connectivity index (χ1v) is 7.58. The van der Waals surface area contributed by atoms with Crippen molar-refractivity contribution >= 4 is 23.2 Å². The molecule has 0 saturated carbocycles. The first-order chi connectivity index (χ1) is 11.1. The minimum atomic E-state index is -0.340. The molecule has 2 aromatic heterocycles. The van der Waals surface area contributed by atoms with E-state index in [-0.39, 0.29) is 18.1 Å². The highest BCUT2D eigenvalue weighted by Gasteiger charge is 2.19. The second-order valence-corrected chi connectivity index (χ2v) is 5.42. The molecule has 0 unspecified atom stereocenters. The van der Waals surface area contributed by atoms with Crippen molar-refractivity contribution in [2.24, 2.45) is 0 Å². The van der Waals surface area contributed by atoms with Gasteiger partial charge >= 0.3 is 5.97 Å². The van der Waals surface area contributed by atoms with E-state index in [0.29, 0.717) is 28.7 Å². The van der Waals surface area contributed by atoms with Crippen LogP contribution < -0.4 is 0 Å². The Bertz CT molecular complexity index is 856. The van der Waals surface area contributed by atoms with E-state index in [2.05, 4.69) is 4.98 Å². The zero-order valence-electron chi connectivity index (χ0n) is 12.5. The predicted octanol–water partition coefficient (Wildman–Crippen LogP) is 3.47. The molecular formula is C17H15ClN2O3. The van der Waals surface area contributed by atoms with Gasteiger partial charge in [-0.15, -0.1) is 0 Å². The number of hydrogen-bond donors (Lipinski definition) is 1. The van der Waals surface area contributed by atoms with E-state index in [0.717, 1.165) is 5.56 Å². The van der Waals surface area contributed by atoms with Crippen molar-refractivity contribution in [1.82, 2.24) is 9.38 Å². The fourth-order valence-electron chi connectivity index (χ4n) is 2.46. The van der Waals surface area contributed by atoms with E-state index < -0.39 is 0 Å². The largest absolute Gasteiger partial charge is 0.504 e. The first kappa shape index (κ1) is 15.4. The van der Waals surface area contributed by atoms with Gasteiger partial charge in [0.05, 0.1) is 24.4 Å². The van der Waals surface area contributed by atoms with Crippen molar-refractivity contribution in [3.05, 3.63) is 53.3 Å². The second-order valence-electron chi connectivity index (χ2n) is 4.98. The third kappa shape index (κ3) is 3.00. The van der Waals surface area contributed by atoms with Gasteiger partial charge in [-0.05, 0) is 31.2 Å². The summed E-state index contributed by atoms with van der Waals surface area (Å²) < 4.78 is 6.75. The Hall–Kier alpha value is -2.53. The van der Waals surface area contributed by atoms with Crippen molar-refractivity contribution in [3.8, 4) is 17.0 Å². The first-order valence-electron chi connectivity index (χ1n) is 7.20. The van der Waals surface area contributed by atoms with E-state index in [1.807, 2.05) is 12.1 Å². The summed E-state index contributed by atoms with van der Waals surface area (Å²) in [5.74, 6) is -0.286. The second kappa shape index (κ2) is 6.30. The molecule has 0 atom stereocenters. The van der Waals surface area contributed by atoms with Crippen molar-refractivity contribution in [2.45, 2.75) is 13.3 Å². The number of benzene rings is 1. The Morgan fingerprint density at radius 2 is 2.04 bits per heavy atom. The number of ether oxygens (including phenoxy) is 1. The minimum Gasteiger partial charge on any atom is -0.504 e. The number of carbonyl (C=O) groups excluding carboxylic acids is 1. The highest BCUT2D eigenvalue weighted by atomic mass is 35.5. The third-order valence-corrected chi connectivity index (χ3v) is 3.72. The lowest BCUT2D eigenvalue weighted by atomic mass is 10.1. The van der Waals surface area contributed by atoms with Gasteiger partial charge in [0.25, 0.3) is 0 Å². The molecule has 0 aliphatic rings. The van der Waals surface area contributed by atoms with Crippen molar-refractivity contribution in [3.63, 3.8) is 0 Å². The molecule has 0 saturated heterocycles. The molecule has 1 N–H and O–H groups in total. The summed E-state index contributed by atoms with van der Waals surface area (Å²) in [5.41, 5.74) is 2.50. The van der Waals surface area contributed by atoms with Crippen LogP contribution in [0.2, 0.25) is 5.02 Å². The van der Waals surface area contributed by atoms with Gasteiger partial charge in [0.2, 0.25) is 0 Å². The van der Waals surface area contributed by atoms with Crippen LogP contribution in [0.1, 0.15) is 12.6 Å². The maximum absolute atomic E-state index is 11.9. The third-order valence-electron chi connectivity index (χ3n) is 3.46. The van der Waals surface area contributed by atoms with Crippen molar-refractivity contribution < 1.29 is 14.6 Å². The van der Waals surface area contributed by atoms with Gasteiger partial charge in [-0.25, -0.2) is 4.98 Å². The number of aromatic hydroxyl groups is 1. The van der Waals surface area contributed by atoms with Crippen LogP contribution in [0.3, 0.4) is 0 Å². The number of esters is 1. The van der Waals surface area contributed by atoms with Crippen LogP contribution in [-0.2, 0) is 16.0 Å². The molecule has 1 aromatic carbocycles. The molecular weight excluding hydrogens is 316 g/mol. The molecule has 0 aliphatic heterocycles. The van der Waals surface area contributed by atoms with E-state index >= 15 is 0 Å². The number of pyridine rings is 1. The highest BCUT2D eigenvalue weighted by Crippen LogP contribution is 2.29. The number of hydrogen-bond acceptors (Lipinski definition) is 4. The minimum absolute atomic E-state index is 0.0535. The molecule has 3 rings (SSSR count). The molecule has 2 heterocycles. The number of imidazole rings is 1. The zero-order chi connectivity index (χ0) is 16.4. The number of carbonyl (C=O) groups is 1. The summed E-state index contributed by atoms with van der Waals surface area (Å²) in [6.07, 6.45) is 1.83. The molecule has 23 heavy (non-hydrogen) atoms. The predicted molar refractivity (Wildman–Crippen MR) is 87.6 cm³/mol. The summed E-state index contributed by atoms with van der Waals surface area (Å²) in [7, 11) is 0. The molecule has 0 bridgehead atoms. The topological polar surface area (TPSA) is 63.8 Å². The number of nitrogens with zero attached hydrogens (tertiary/aromatic N) is 2. The Morgan fingerprint density at radius 1 is 1.30 bits per heavy atom. The van der Waals surface area contributed by atoms with Crippen LogP contribution >= 0.6 is 11.6 Å². The summed E-state index contributed by atoms with van der Waals surface area (Å²) in [4.78, 5) is 16.4. The molecule has 0 aliphatic carbocycles. The fourth-order valence-corrected chi connectivity index (χ4v) is 2.58. The molecule has 5 nitrogen and oxygen atoms in total. The van der Waals surface area contributed by atoms with E-state index in [4.69, 9.17) is 16.3 Å². The number of halogens is 1. The van der Waals surface area contributed by atoms with Gasteiger partial charge in [-0.2, -0.15) is 0 Å². The molecule has 3 aromatic rings. The van der Waals surface area contributed by atoms with Crippen molar-refractivity contribution in [1.29, 1.82) is 0 Å². The van der Waals surface area contributed by atoms with E-state index in [9.17, 15) is 9.90 Å². The zero-order valence-corrected chi connectivity index (χ0v) is 13.2. The monoisotopic (exact) mass is 330 g/mol. The van der Waals surface area contributed by atoms with Gasteiger partial charge in [-0.1, -0.05) is 23.7 Å². The maximum atomic E-state index is 11.9. The lowest BCUT2D eigenvalue weighted by Gasteiger charge is -2.06. The lowest BCUT2D eigenvalue weighted by Crippen LogP contribution is -2.10. The van der Waals surface area contributed by atoms with Crippen molar-refractivity contribution in [2.75, 3.05) is 6.61 Å². The van der Waals surface area contributed by atoms with E-state index in [1.165, 1.54) is 0 Å². The van der Waals surface area contributed by atoms with Gasteiger partial charge in [0.15, 0.2) is 11.4 Å². The van der Waals surface area contributed by atoms with Crippen LogP contribution in [0.4, 0.5) is 0 Å². The van der Waals surface area contributed by atoms with E-state index in [1.54, 1.807) is 41.8 Å². The smallest absolute Gasteiger partial charge is 0.311 e. The SMILES string of the molecule is CCOC(=O)Cc1c(-c2ccc(Cl)cc2)nc2c(O)cccn12. The number of rotatable bonds is 4. The average molecular weight is 331 g/mol. The highest BCUT2D eigenvalue weighted by molar-refractivity contribution is 6.30. The molecule has 6 heteroatoms. The number of aromatic nitrogens is 2. The summed E-state index contributed by atoms with van der Waals surface area (Å²) in [5, 5.41) is 10.6. The maximum Gasteiger partial charge on any atom is 0.311 e. The van der Waals surface area contributed by atoms with Crippen LogP contribution in [0.5, 0.6) is 5.75 Å². The van der Waals surface area contributed by atoms with Gasteiger partial charge in [0, 0.05) is 16.8 Å². The van der Waals surface area contributed by atoms with Crippen LogP contribution in [0, 0.1) is 0 Å². The summed E-state index contributed by atoms with van der Waals surface area (Å²) in [6, 6.07) is 10.4. The fraction of sp³-hybridized carbons (Fsp3) is 0.176. The molecule has 0 amide bonds. The van der Waals surface area contributed by atoms with Gasteiger partial charge in [0.1, 0.15) is 0 Å². The quantitative estimate of drug-likeness (QED) is 0.744. The normalized spacial score (nSPS) is 10.9. The van der Waals surface area contributed by atoms with Crippen LogP contribution in [0.15, 0.2) is 42.6 Å². The average Bonchev–Trinajstić information content (AvgIpc) is 2.89. The van der Waals surface area contributed by atoms with Crippen LogP contribution in [-0.4, -0.2) is 27.1 Å². The molecule has 0 radical (unpaired) electrons. The Morgan fingerprint density at radius 3 is 2.74 bits per heavy atom. The standard InChI is InChI=1S/C17H15ClN2O3/c1-2-23-15(22)10-13-16(11-5-7-12(18)8-6-11)19-17-14(21)4-3-9-20(13)17/h3-9,21H,2,10H2,1H3. The Kier molecular flexibility index (Phi) is 4.21. The Labute approximate surface area is 138 Å². The summed E-state index contributed by atoms with van der Waals surface area (Å²) >= 11 is 5.93. The molecule has 0 fully saturated rings. The van der Waals surface area contributed by atoms with Gasteiger partial charge < -0.3 is 9.84 Å². The Balaban J connectivity index is 2.17. The molecule has 118 valence electrons. The van der Waals surface area contributed by atoms with Crippen LogP contribution in [0.25, 0.3) is 16.9 Å². The van der Waals surface area contributed by atoms with Gasteiger partial charge in [-0.3, -0.25) is 9.20 Å². The molecule has 0 spiro atoms.